The Morgan fingerprint density at radius 2 is 0.958 bits per heavy atom. The van der Waals surface area contributed by atoms with Gasteiger partial charge in [0.25, 0.3) is 5.91 Å². The standard InChI is InChI=1S/C17H25N3O3.C15H22N4O3.C9H13N3O2.C8H14O2.CH4O.CH4/c1-3-23-15(21)13-11-19-9-10-20(12-14(19)18-13)16(22)17(2)7-5-4-6-8-17;1-15(5-3-2-4-6-15)14(21)19-8-7-18-9-11(13(20)17-22)16-12(18)10-19;1-2-14-9(13)7-6-12-4-3-10-5-8(12)11-7;1-8(7(9)10)5-3-2-4-6-8;1-2;/h11H,3-10,12H2,1-2H3;9,22H,2-8,10H2,1H3,(H,17,20);6,10H,2-5H2,1H3;2-6H2,1H3,(H,9,10);2H,1H3;1H4. The van der Waals surface area contributed by atoms with Gasteiger partial charge in [-0.2, -0.15) is 0 Å². The molecule has 402 valence electrons. The second-order valence-electron chi connectivity index (χ2n) is 19.9. The molecule has 3 aliphatic carbocycles. The van der Waals surface area contributed by atoms with E-state index in [1.54, 1.807) is 37.9 Å². The molecule has 9 rings (SSSR count). The number of imidazole rings is 3. The number of carbonyl (C=O) groups is 6. The van der Waals surface area contributed by atoms with Crippen LogP contribution in [0.5, 0.6) is 0 Å². The molecule has 0 saturated heterocycles. The van der Waals surface area contributed by atoms with Crippen molar-refractivity contribution < 1.29 is 53.7 Å². The predicted molar refractivity (Wildman–Crippen MR) is 266 cm³/mol. The quantitative estimate of drug-likeness (QED) is 0.0965. The Bertz CT molecular complexity index is 2240. The number of nitrogens with zero attached hydrogens (tertiary/aromatic N) is 8. The van der Waals surface area contributed by atoms with E-state index in [1.165, 1.54) is 19.3 Å². The van der Waals surface area contributed by atoms with Gasteiger partial charge in [-0.25, -0.2) is 30.0 Å². The SMILES string of the molecule is C.CC1(C(=O)N2CCn3cc(C(=O)NO)nc3C2)CCCCC1.CC1(C(=O)O)CCCCC1.CCOC(=O)c1cn2c(n1)CN(C(=O)C1(C)CCCCC1)CC2.CCOC(=O)c1cn2c(n1)CNCC2.CO. The molecule has 21 heteroatoms. The topological polar surface area (TPSA) is 266 Å². The maximum absolute atomic E-state index is 12.9. The van der Waals surface area contributed by atoms with Crippen LogP contribution in [-0.4, -0.2) is 129 Å². The van der Waals surface area contributed by atoms with Crippen LogP contribution in [0.25, 0.3) is 0 Å². The molecule has 0 atom stereocenters. The number of aliphatic hydroxyl groups excluding tert-OH is 1. The van der Waals surface area contributed by atoms with Crippen LogP contribution in [0, 0.1) is 16.2 Å². The van der Waals surface area contributed by atoms with Gasteiger partial charge in [0.05, 0.1) is 38.3 Å². The summed E-state index contributed by atoms with van der Waals surface area (Å²) in [5.41, 5.74) is 1.62. The fraction of sp³-hybridized carbons (Fsp3) is 0.706. The molecule has 0 unspecified atom stereocenters. The van der Waals surface area contributed by atoms with Gasteiger partial charge in [-0.05, 0) is 59.3 Å². The molecule has 0 radical (unpaired) electrons. The maximum atomic E-state index is 12.9. The zero-order valence-electron chi connectivity index (χ0n) is 42.8. The van der Waals surface area contributed by atoms with Crippen LogP contribution < -0.4 is 10.8 Å². The number of carbonyl (C=O) groups excluding carboxylic acids is 5. The average molecular weight is 1010 g/mol. The van der Waals surface area contributed by atoms with Crippen molar-refractivity contribution in [3.63, 3.8) is 0 Å². The fourth-order valence-corrected chi connectivity index (χ4v) is 10.2. The van der Waals surface area contributed by atoms with Gasteiger partial charge in [0.2, 0.25) is 11.8 Å². The number of carboxylic acids is 1. The van der Waals surface area contributed by atoms with Crippen LogP contribution in [0.2, 0.25) is 0 Å². The second-order valence-corrected chi connectivity index (χ2v) is 19.9. The molecule has 0 bridgehead atoms. The summed E-state index contributed by atoms with van der Waals surface area (Å²) in [5, 5.41) is 27.7. The summed E-state index contributed by atoms with van der Waals surface area (Å²) in [6.07, 6.45) is 21.0. The van der Waals surface area contributed by atoms with Crippen molar-refractivity contribution in [2.24, 2.45) is 16.2 Å². The average Bonchev–Trinajstić information content (AvgIpc) is 4.15. The zero-order valence-corrected chi connectivity index (χ0v) is 42.8. The van der Waals surface area contributed by atoms with Gasteiger partial charge >= 0.3 is 17.9 Å². The van der Waals surface area contributed by atoms with Crippen LogP contribution >= 0.6 is 0 Å². The molecule has 0 aromatic carbocycles. The van der Waals surface area contributed by atoms with Crippen LogP contribution in [0.1, 0.15) is 187 Å². The van der Waals surface area contributed by atoms with Crippen molar-refractivity contribution >= 4 is 35.6 Å². The molecule has 3 amide bonds. The minimum absolute atomic E-state index is 0. The number of amides is 3. The van der Waals surface area contributed by atoms with E-state index in [2.05, 4.69) is 34.1 Å². The number of esters is 2. The van der Waals surface area contributed by atoms with E-state index in [1.807, 2.05) is 30.4 Å². The van der Waals surface area contributed by atoms with Crippen molar-refractivity contribution in [2.75, 3.05) is 40.0 Å². The Kier molecular flexibility index (Phi) is 22.4. The Hall–Kier alpha value is -5.67. The van der Waals surface area contributed by atoms with Gasteiger partial charge in [0.15, 0.2) is 11.4 Å². The van der Waals surface area contributed by atoms with Gasteiger partial charge in [-0.1, -0.05) is 79.1 Å². The minimum atomic E-state index is -0.626. The van der Waals surface area contributed by atoms with Crippen molar-refractivity contribution in [3.8, 4) is 0 Å². The highest BCUT2D eigenvalue weighted by Crippen LogP contribution is 2.40. The lowest BCUT2D eigenvalue weighted by Gasteiger charge is -2.38. The third-order valence-corrected chi connectivity index (χ3v) is 14.6. The molecule has 3 aromatic heterocycles. The van der Waals surface area contributed by atoms with E-state index >= 15 is 0 Å². The number of carboxylic acid groups (broad SMARTS) is 1. The maximum Gasteiger partial charge on any atom is 0.358 e. The molecular weight excluding hydrogens is 929 g/mol. The Balaban J connectivity index is 0.000000214. The van der Waals surface area contributed by atoms with E-state index in [-0.39, 0.29) is 41.7 Å². The Morgan fingerprint density at radius 1 is 0.583 bits per heavy atom. The summed E-state index contributed by atoms with van der Waals surface area (Å²) in [6, 6.07) is 0. The molecule has 0 spiro atoms. The zero-order chi connectivity index (χ0) is 51.8. The third-order valence-electron chi connectivity index (χ3n) is 14.6. The normalized spacial score (nSPS) is 18.9. The highest BCUT2D eigenvalue weighted by molar-refractivity contribution is 5.91. The van der Waals surface area contributed by atoms with Crippen molar-refractivity contribution in [1.82, 2.24) is 49.2 Å². The van der Waals surface area contributed by atoms with Crippen LogP contribution in [0.15, 0.2) is 18.6 Å². The second kappa shape index (κ2) is 27.4. The monoisotopic (exact) mass is 1010 g/mol. The first-order valence-electron chi connectivity index (χ1n) is 25.5. The molecule has 3 aliphatic heterocycles. The molecule has 6 aliphatic rings. The molecule has 5 N–H and O–H groups in total. The van der Waals surface area contributed by atoms with E-state index in [9.17, 15) is 28.8 Å². The number of ether oxygens (including phenoxy) is 2. The van der Waals surface area contributed by atoms with Gasteiger partial charge in [0, 0.05) is 75.8 Å². The van der Waals surface area contributed by atoms with Crippen LogP contribution in [0.4, 0.5) is 0 Å². The molecule has 3 fully saturated rings. The number of aliphatic carboxylic acids is 1. The van der Waals surface area contributed by atoms with Crippen molar-refractivity contribution in [1.29, 1.82) is 0 Å². The van der Waals surface area contributed by atoms with E-state index < -0.39 is 23.3 Å². The highest BCUT2D eigenvalue weighted by atomic mass is 16.5. The van der Waals surface area contributed by atoms with Gasteiger partial charge in [-0.15, -0.1) is 0 Å². The van der Waals surface area contributed by atoms with Gasteiger partial charge in [0.1, 0.15) is 23.2 Å². The smallest absolute Gasteiger partial charge is 0.358 e. The van der Waals surface area contributed by atoms with Crippen molar-refractivity contribution in [3.05, 3.63) is 53.1 Å². The lowest BCUT2D eigenvalue weighted by Crippen LogP contribution is -2.46. The molecule has 3 aromatic rings. The number of hydroxylamine groups is 1. The molecular formula is C51H82N10O11. The first-order valence-corrected chi connectivity index (χ1v) is 25.5. The van der Waals surface area contributed by atoms with E-state index in [4.69, 9.17) is 24.9 Å². The first kappa shape index (κ1) is 58.9. The van der Waals surface area contributed by atoms with Crippen LogP contribution in [-0.2, 0) is 63.1 Å². The number of nitrogens with one attached hydrogen (secondary N) is 2. The predicted octanol–water partition coefficient (Wildman–Crippen LogP) is 6.14. The van der Waals surface area contributed by atoms with Gasteiger partial charge in [-0.3, -0.25) is 24.4 Å². The summed E-state index contributed by atoms with van der Waals surface area (Å²) < 4.78 is 15.7. The summed E-state index contributed by atoms with van der Waals surface area (Å²) in [4.78, 5) is 87.6. The number of hydrogen-bond acceptors (Lipinski definition) is 14. The summed E-state index contributed by atoms with van der Waals surface area (Å²) in [5.74, 6) is 0.829. The van der Waals surface area contributed by atoms with Crippen molar-refractivity contribution in [2.45, 2.75) is 178 Å². The lowest BCUT2D eigenvalue weighted by molar-refractivity contribution is -0.149. The Labute approximate surface area is 424 Å². The largest absolute Gasteiger partial charge is 0.481 e. The Morgan fingerprint density at radius 3 is 1.33 bits per heavy atom. The molecule has 21 nitrogen and oxygen atoms in total. The number of aromatic nitrogens is 6. The lowest BCUT2D eigenvalue weighted by atomic mass is 9.74. The summed E-state index contributed by atoms with van der Waals surface area (Å²) >= 11 is 0. The minimum Gasteiger partial charge on any atom is -0.481 e. The number of hydrogen-bond donors (Lipinski definition) is 5. The molecule has 3 saturated carbocycles. The van der Waals surface area contributed by atoms with E-state index in [0.717, 1.165) is 115 Å². The van der Waals surface area contributed by atoms with Crippen LogP contribution in [0.3, 0.4) is 0 Å². The third kappa shape index (κ3) is 15.0. The highest BCUT2D eigenvalue weighted by Gasteiger charge is 2.40. The summed E-state index contributed by atoms with van der Waals surface area (Å²) in [7, 11) is 1.00. The fourth-order valence-electron chi connectivity index (χ4n) is 10.2. The number of aliphatic hydroxyl groups is 1. The number of rotatable bonds is 8. The molecule has 6 heterocycles. The first-order chi connectivity index (χ1) is 34.0. The summed E-state index contributed by atoms with van der Waals surface area (Å²) in [6.45, 7) is 16.4. The van der Waals surface area contributed by atoms with Gasteiger partial charge < -0.3 is 48.5 Å². The van der Waals surface area contributed by atoms with E-state index in [0.29, 0.717) is 69.7 Å². The number of fused-ring (bicyclic) bond motifs is 3. The molecule has 72 heavy (non-hydrogen) atoms.